The molecule has 1 amide bonds. The van der Waals surface area contributed by atoms with Gasteiger partial charge < -0.3 is 15.4 Å². The third-order valence-corrected chi connectivity index (χ3v) is 7.05. The Morgan fingerprint density at radius 1 is 1.35 bits per heavy atom. The van der Waals surface area contributed by atoms with Crippen LogP contribution in [0.3, 0.4) is 0 Å². The number of nitrogens with two attached hydrogens (primary N) is 1. The fraction of sp³-hybridized carbons (Fsp3) is 0.280. The van der Waals surface area contributed by atoms with Gasteiger partial charge in [-0.05, 0) is 43.5 Å². The number of benzene rings is 1. The minimum atomic E-state index is -0.0633. The summed E-state index contributed by atoms with van der Waals surface area (Å²) in [5, 5.41) is 7.74. The first-order valence-corrected chi connectivity index (χ1v) is 12.1. The van der Waals surface area contributed by atoms with Gasteiger partial charge >= 0.3 is 0 Å². The van der Waals surface area contributed by atoms with E-state index < -0.39 is 0 Å². The smallest absolute Gasteiger partial charge is 0.246 e. The van der Waals surface area contributed by atoms with Gasteiger partial charge in [0.25, 0.3) is 0 Å². The minimum absolute atomic E-state index is 0.00527. The van der Waals surface area contributed by atoms with E-state index >= 15 is 0 Å². The summed E-state index contributed by atoms with van der Waals surface area (Å²) in [6, 6.07) is 10.1. The summed E-state index contributed by atoms with van der Waals surface area (Å²) in [6.45, 7) is 7.41. The van der Waals surface area contributed by atoms with Crippen LogP contribution in [0.5, 0.6) is 5.75 Å². The molecule has 0 radical (unpaired) electrons. The van der Waals surface area contributed by atoms with E-state index in [9.17, 15) is 4.79 Å². The Balaban J connectivity index is 1.46. The van der Waals surface area contributed by atoms with E-state index in [-0.39, 0.29) is 11.9 Å². The van der Waals surface area contributed by atoms with Gasteiger partial charge in [0, 0.05) is 28.9 Å². The number of nitrogens with zero attached hydrogens (tertiary/aromatic N) is 5. The highest BCUT2D eigenvalue weighted by Crippen LogP contribution is 2.36. The monoisotopic (exact) mass is 474 g/mol. The molecule has 1 fully saturated rings. The lowest BCUT2D eigenvalue weighted by Crippen LogP contribution is -2.40. The molecule has 3 aromatic heterocycles. The maximum absolute atomic E-state index is 12.2. The lowest BCUT2D eigenvalue weighted by atomic mass is 10.1. The third-order valence-electron chi connectivity index (χ3n) is 6.14. The van der Waals surface area contributed by atoms with E-state index in [4.69, 9.17) is 15.6 Å². The van der Waals surface area contributed by atoms with Crippen molar-refractivity contribution < 1.29 is 9.53 Å². The quantitative estimate of drug-likeness (QED) is 0.417. The Hall–Kier alpha value is -3.72. The summed E-state index contributed by atoms with van der Waals surface area (Å²) in [7, 11) is 0. The number of para-hydroxylation sites is 1. The van der Waals surface area contributed by atoms with Crippen molar-refractivity contribution in [2.75, 3.05) is 18.8 Å². The van der Waals surface area contributed by atoms with Crippen LogP contribution < -0.4 is 10.5 Å². The van der Waals surface area contributed by atoms with Crippen LogP contribution in [0, 0.1) is 6.92 Å². The van der Waals surface area contributed by atoms with Gasteiger partial charge in [-0.3, -0.25) is 4.79 Å². The van der Waals surface area contributed by atoms with Gasteiger partial charge in [-0.2, -0.15) is 5.10 Å². The number of likely N-dealkylation sites (tertiary alicyclic amines) is 1. The Bertz CT molecular complexity index is 1360. The third kappa shape index (κ3) is 4.14. The molecule has 4 aromatic rings. The maximum atomic E-state index is 12.2. The number of anilines is 1. The number of aromatic nitrogens is 4. The van der Waals surface area contributed by atoms with Gasteiger partial charge in [-0.25, -0.2) is 14.6 Å². The summed E-state index contributed by atoms with van der Waals surface area (Å²) in [6.07, 6.45) is 4.62. The normalized spacial score (nSPS) is 16.0. The van der Waals surface area contributed by atoms with E-state index in [0.717, 1.165) is 52.2 Å². The summed E-state index contributed by atoms with van der Waals surface area (Å²) in [5.74, 6) is 1.21. The average molecular weight is 475 g/mol. The topological polar surface area (TPSA) is 99.2 Å². The van der Waals surface area contributed by atoms with Crippen molar-refractivity contribution >= 4 is 34.1 Å². The standard InChI is InChI=1S/C25H26N6O2S/c1-3-21(32)30-10-6-8-18(12-30)31-25-22(24(26)27-15-28-25)23(29-31)17-11-19(34-14-17)13-33-20-9-5-4-7-16(20)2/h3-5,7,9,11,14-15,18H,1,6,8,10,12-13H2,2H3,(H2,26,27,28)/t18-/m1/s1. The van der Waals surface area contributed by atoms with E-state index in [2.05, 4.69) is 28.0 Å². The van der Waals surface area contributed by atoms with Gasteiger partial charge in [0.15, 0.2) is 5.65 Å². The molecular formula is C25H26N6O2S. The molecule has 0 saturated carbocycles. The Labute approximate surface area is 201 Å². The first kappa shape index (κ1) is 22.1. The number of rotatable bonds is 6. The van der Waals surface area contributed by atoms with Crippen LogP contribution in [0.25, 0.3) is 22.3 Å². The van der Waals surface area contributed by atoms with Crippen LogP contribution in [0.2, 0.25) is 0 Å². The van der Waals surface area contributed by atoms with Crippen LogP contribution >= 0.6 is 11.3 Å². The zero-order valence-electron chi connectivity index (χ0n) is 19.0. The van der Waals surface area contributed by atoms with Gasteiger partial charge in [-0.1, -0.05) is 24.8 Å². The fourth-order valence-corrected chi connectivity index (χ4v) is 5.16. The van der Waals surface area contributed by atoms with Crippen LogP contribution in [-0.4, -0.2) is 43.6 Å². The summed E-state index contributed by atoms with van der Waals surface area (Å²) in [4.78, 5) is 23.8. The molecule has 4 heterocycles. The van der Waals surface area contributed by atoms with Crippen molar-refractivity contribution in [1.82, 2.24) is 24.6 Å². The molecule has 1 aliphatic heterocycles. The molecule has 0 aliphatic carbocycles. The predicted octanol–water partition coefficient (Wildman–Crippen LogP) is 4.37. The zero-order valence-corrected chi connectivity index (χ0v) is 19.8. The molecule has 34 heavy (non-hydrogen) atoms. The minimum Gasteiger partial charge on any atom is -0.488 e. The summed E-state index contributed by atoms with van der Waals surface area (Å²) >= 11 is 1.62. The lowest BCUT2D eigenvalue weighted by Gasteiger charge is -2.32. The van der Waals surface area contributed by atoms with Crippen LogP contribution in [0.1, 0.15) is 29.3 Å². The molecule has 174 valence electrons. The molecule has 1 atom stereocenters. The summed E-state index contributed by atoms with van der Waals surface area (Å²) < 4.78 is 7.93. The number of carbonyl (C=O) groups excluding carboxylic acids is 1. The number of aryl methyl sites for hydroxylation is 1. The van der Waals surface area contributed by atoms with Crippen molar-refractivity contribution in [3.05, 3.63) is 65.1 Å². The summed E-state index contributed by atoms with van der Waals surface area (Å²) in [5.41, 5.74) is 9.78. The molecule has 0 bridgehead atoms. The second kappa shape index (κ2) is 9.26. The number of hydrogen-bond acceptors (Lipinski definition) is 7. The highest BCUT2D eigenvalue weighted by molar-refractivity contribution is 7.10. The average Bonchev–Trinajstić information content (AvgIpc) is 3.49. The number of carbonyl (C=O) groups is 1. The Morgan fingerprint density at radius 2 is 2.21 bits per heavy atom. The molecule has 1 aromatic carbocycles. The number of thiophene rings is 1. The van der Waals surface area contributed by atoms with Gasteiger partial charge in [-0.15, -0.1) is 11.3 Å². The second-order valence-electron chi connectivity index (χ2n) is 8.39. The second-order valence-corrected chi connectivity index (χ2v) is 9.39. The number of fused-ring (bicyclic) bond motifs is 1. The molecule has 9 heteroatoms. The van der Waals surface area contributed by atoms with Gasteiger partial charge in [0.05, 0.1) is 11.4 Å². The molecule has 8 nitrogen and oxygen atoms in total. The van der Waals surface area contributed by atoms with E-state index in [1.165, 1.54) is 12.4 Å². The highest BCUT2D eigenvalue weighted by Gasteiger charge is 2.28. The van der Waals surface area contributed by atoms with Crippen molar-refractivity contribution in [3.8, 4) is 17.0 Å². The van der Waals surface area contributed by atoms with Crippen LogP contribution in [0.4, 0.5) is 5.82 Å². The number of amides is 1. The molecule has 5 rings (SSSR count). The van der Waals surface area contributed by atoms with Crippen molar-refractivity contribution in [1.29, 1.82) is 0 Å². The van der Waals surface area contributed by atoms with Gasteiger partial charge in [0.2, 0.25) is 5.91 Å². The molecule has 1 aliphatic rings. The number of piperidine rings is 1. The van der Waals surface area contributed by atoms with E-state index in [1.807, 2.05) is 40.8 Å². The first-order valence-electron chi connectivity index (χ1n) is 11.2. The fourth-order valence-electron chi connectivity index (χ4n) is 4.38. The molecule has 1 saturated heterocycles. The maximum Gasteiger partial charge on any atom is 0.246 e. The largest absolute Gasteiger partial charge is 0.488 e. The van der Waals surface area contributed by atoms with E-state index in [1.54, 1.807) is 11.3 Å². The SMILES string of the molecule is C=CC(=O)N1CCC[C@@H](n2nc(-c3csc(COc4ccccc4C)c3)c3c(N)ncnc32)C1. The van der Waals surface area contributed by atoms with Crippen molar-refractivity contribution in [3.63, 3.8) is 0 Å². The molecule has 2 N–H and O–H groups in total. The first-order chi connectivity index (χ1) is 16.5. The van der Waals surface area contributed by atoms with Crippen LogP contribution in [0.15, 0.2) is 54.7 Å². The Kier molecular flexibility index (Phi) is 6.02. The van der Waals surface area contributed by atoms with Crippen molar-refractivity contribution in [2.45, 2.75) is 32.4 Å². The molecule has 0 spiro atoms. The predicted molar refractivity (Wildman–Crippen MR) is 134 cm³/mol. The van der Waals surface area contributed by atoms with Crippen LogP contribution in [-0.2, 0) is 11.4 Å². The number of ether oxygens (including phenoxy) is 1. The van der Waals surface area contributed by atoms with Gasteiger partial charge in [0.1, 0.15) is 30.2 Å². The zero-order chi connectivity index (χ0) is 23.7. The number of hydrogen-bond donors (Lipinski definition) is 1. The van der Waals surface area contributed by atoms with Crippen molar-refractivity contribution in [2.24, 2.45) is 0 Å². The molecular weight excluding hydrogens is 448 g/mol. The van der Waals surface area contributed by atoms with E-state index in [0.29, 0.717) is 24.6 Å². The number of nitrogen functional groups attached to an aromatic ring is 1. The molecule has 0 unspecified atom stereocenters. The highest BCUT2D eigenvalue weighted by atomic mass is 32.1. The lowest BCUT2D eigenvalue weighted by molar-refractivity contribution is -0.127. The Morgan fingerprint density at radius 3 is 3.03 bits per heavy atom.